The fourth-order valence-electron chi connectivity index (χ4n) is 2.47. The first kappa shape index (κ1) is 15.7. The van der Waals surface area contributed by atoms with Gasteiger partial charge >= 0.3 is 0 Å². The van der Waals surface area contributed by atoms with Crippen molar-refractivity contribution in [3.8, 4) is 0 Å². The van der Waals surface area contributed by atoms with E-state index < -0.39 is 11.7 Å². The Bertz CT molecular complexity index is 545. The molecular formula is C15H17Br2NO2. The van der Waals surface area contributed by atoms with Crippen LogP contribution in [0.1, 0.15) is 37.0 Å². The standard InChI is InChI=1S/C15H17Br2NO2/c1-3-15(4-2,8-16)9-18-12-6-5-10(17)7-11(12)13(19)14(18)20/h5-7H,3-4,8-9H2,1-2H3. The van der Waals surface area contributed by atoms with Gasteiger partial charge in [-0.1, -0.05) is 45.7 Å². The fraction of sp³-hybridized carbons (Fsp3) is 0.467. The van der Waals surface area contributed by atoms with E-state index >= 15 is 0 Å². The zero-order chi connectivity index (χ0) is 14.9. The Hall–Kier alpha value is -0.680. The van der Waals surface area contributed by atoms with Crippen LogP contribution >= 0.6 is 31.9 Å². The number of ketones is 1. The molecule has 0 N–H and O–H groups in total. The lowest BCUT2D eigenvalue weighted by molar-refractivity contribution is -0.114. The molecule has 20 heavy (non-hydrogen) atoms. The van der Waals surface area contributed by atoms with Crippen LogP contribution in [0.15, 0.2) is 22.7 Å². The highest BCUT2D eigenvalue weighted by molar-refractivity contribution is 9.10. The number of carbonyl (C=O) groups is 2. The topological polar surface area (TPSA) is 37.4 Å². The van der Waals surface area contributed by atoms with Crippen LogP contribution in [-0.2, 0) is 4.79 Å². The second-order valence-corrected chi connectivity index (χ2v) is 6.70. The van der Waals surface area contributed by atoms with Gasteiger partial charge in [0.05, 0.1) is 11.3 Å². The Morgan fingerprint density at radius 1 is 1.20 bits per heavy atom. The molecule has 3 nitrogen and oxygen atoms in total. The average molecular weight is 403 g/mol. The number of hydrogen-bond donors (Lipinski definition) is 0. The number of amides is 1. The molecule has 1 aromatic carbocycles. The van der Waals surface area contributed by atoms with Crippen LogP contribution in [0.3, 0.4) is 0 Å². The number of Topliss-reactive ketones (excluding diaryl/α,β-unsaturated/α-hetero) is 1. The highest BCUT2D eigenvalue weighted by Crippen LogP contribution is 2.37. The Kier molecular flexibility index (Phi) is 4.69. The SMILES string of the molecule is CCC(CC)(CBr)CN1C(=O)C(=O)c2cc(Br)ccc21. The Morgan fingerprint density at radius 2 is 1.85 bits per heavy atom. The minimum absolute atomic E-state index is 0.00459. The molecule has 1 aliphatic rings. The smallest absolute Gasteiger partial charge is 0.299 e. The van der Waals surface area contributed by atoms with Crippen molar-refractivity contribution in [2.45, 2.75) is 26.7 Å². The zero-order valence-corrected chi connectivity index (χ0v) is 14.8. The van der Waals surface area contributed by atoms with Gasteiger partial charge in [-0.05, 0) is 36.5 Å². The summed E-state index contributed by atoms with van der Waals surface area (Å²) in [6.45, 7) is 4.82. The van der Waals surface area contributed by atoms with Crippen molar-refractivity contribution in [2.24, 2.45) is 5.41 Å². The van der Waals surface area contributed by atoms with Gasteiger partial charge in [-0.15, -0.1) is 0 Å². The van der Waals surface area contributed by atoms with Crippen LogP contribution in [0.5, 0.6) is 0 Å². The second kappa shape index (κ2) is 5.98. The summed E-state index contributed by atoms with van der Waals surface area (Å²) >= 11 is 6.90. The van der Waals surface area contributed by atoms with Crippen molar-refractivity contribution in [1.29, 1.82) is 0 Å². The quantitative estimate of drug-likeness (QED) is 0.547. The summed E-state index contributed by atoms with van der Waals surface area (Å²) < 4.78 is 0.817. The van der Waals surface area contributed by atoms with E-state index in [0.29, 0.717) is 12.1 Å². The van der Waals surface area contributed by atoms with E-state index in [0.717, 1.165) is 28.3 Å². The van der Waals surface area contributed by atoms with Crippen LogP contribution in [0.25, 0.3) is 0 Å². The maximum absolute atomic E-state index is 12.2. The summed E-state index contributed by atoms with van der Waals surface area (Å²) in [4.78, 5) is 26.0. The summed E-state index contributed by atoms with van der Waals surface area (Å²) in [5.41, 5.74) is 1.24. The maximum atomic E-state index is 12.2. The molecular weight excluding hydrogens is 386 g/mol. The molecule has 0 radical (unpaired) electrons. The van der Waals surface area contributed by atoms with Gasteiger partial charge in [0.1, 0.15) is 0 Å². The number of hydrogen-bond acceptors (Lipinski definition) is 2. The highest BCUT2D eigenvalue weighted by Gasteiger charge is 2.40. The molecule has 2 rings (SSSR count). The monoisotopic (exact) mass is 401 g/mol. The number of nitrogens with zero attached hydrogens (tertiary/aromatic N) is 1. The average Bonchev–Trinajstić information content (AvgIpc) is 2.69. The van der Waals surface area contributed by atoms with Crippen molar-refractivity contribution in [3.05, 3.63) is 28.2 Å². The second-order valence-electron chi connectivity index (χ2n) is 5.22. The molecule has 0 fully saturated rings. The van der Waals surface area contributed by atoms with Crippen molar-refractivity contribution in [1.82, 2.24) is 0 Å². The van der Waals surface area contributed by atoms with Gasteiger partial charge < -0.3 is 4.90 Å². The number of anilines is 1. The van der Waals surface area contributed by atoms with Crippen LogP contribution in [-0.4, -0.2) is 23.6 Å². The van der Waals surface area contributed by atoms with Gasteiger partial charge in [0.2, 0.25) is 0 Å². The molecule has 1 aromatic rings. The normalized spacial score (nSPS) is 14.9. The van der Waals surface area contributed by atoms with E-state index in [4.69, 9.17) is 0 Å². The first-order chi connectivity index (χ1) is 9.48. The first-order valence-electron chi connectivity index (χ1n) is 6.69. The van der Waals surface area contributed by atoms with Gasteiger partial charge in [-0.2, -0.15) is 0 Å². The van der Waals surface area contributed by atoms with E-state index in [9.17, 15) is 9.59 Å². The molecule has 1 amide bonds. The molecule has 5 heteroatoms. The third kappa shape index (κ3) is 2.58. The third-order valence-electron chi connectivity index (χ3n) is 4.21. The lowest BCUT2D eigenvalue weighted by atomic mass is 9.84. The third-order valence-corrected chi connectivity index (χ3v) is 5.89. The number of carbonyl (C=O) groups excluding carboxylic acids is 2. The predicted molar refractivity (Wildman–Crippen MR) is 87.6 cm³/mol. The van der Waals surface area contributed by atoms with Gasteiger partial charge in [0, 0.05) is 16.3 Å². The molecule has 1 aliphatic heterocycles. The number of alkyl halides is 1. The van der Waals surface area contributed by atoms with Crippen molar-refractivity contribution in [2.75, 3.05) is 16.8 Å². The molecule has 0 aliphatic carbocycles. The lowest BCUT2D eigenvalue weighted by Crippen LogP contribution is -2.41. The molecule has 0 saturated heterocycles. The summed E-state index contributed by atoms with van der Waals surface area (Å²) in [5.74, 6) is -0.817. The van der Waals surface area contributed by atoms with E-state index in [1.165, 1.54) is 0 Å². The molecule has 0 unspecified atom stereocenters. The Morgan fingerprint density at radius 3 is 2.40 bits per heavy atom. The molecule has 0 atom stereocenters. The van der Waals surface area contributed by atoms with Gasteiger partial charge in [0.15, 0.2) is 0 Å². The van der Waals surface area contributed by atoms with E-state index in [-0.39, 0.29) is 5.41 Å². The Labute approximate surface area is 136 Å². The van der Waals surface area contributed by atoms with Crippen molar-refractivity contribution >= 4 is 49.2 Å². The Balaban J connectivity index is 2.39. The minimum atomic E-state index is -0.412. The predicted octanol–water partition coefficient (Wildman–Crippen LogP) is 4.18. The van der Waals surface area contributed by atoms with E-state index in [1.54, 1.807) is 11.0 Å². The highest BCUT2D eigenvalue weighted by atomic mass is 79.9. The molecule has 108 valence electrons. The minimum Gasteiger partial charge on any atom is -0.304 e. The van der Waals surface area contributed by atoms with Crippen LogP contribution in [0.2, 0.25) is 0 Å². The number of halogens is 2. The molecule has 0 spiro atoms. The summed E-state index contributed by atoms with van der Waals surface area (Å²) in [6, 6.07) is 5.43. The van der Waals surface area contributed by atoms with Crippen LogP contribution < -0.4 is 4.90 Å². The number of benzene rings is 1. The van der Waals surface area contributed by atoms with E-state index in [2.05, 4.69) is 45.7 Å². The zero-order valence-electron chi connectivity index (χ0n) is 11.6. The van der Waals surface area contributed by atoms with Crippen molar-refractivity contribution in [3.63, 3.8) is 0 Å². The molecule has 1 heterocycles. The molecule has 0 bridgehead atoms. The summed E-state index contributed by atoms with van der Waals surface area (Å²) in [5, 5.41) is 0.816. The van der Waals surface area contributed by atoms with Crippen molar-refractivity contribution < 1.29 is 9.59 Å². The number of rotatable bonds is 5. The van der Waals surface area contributed by atoms with Gasteiger partial charge in [0.25, 0.3) is 11.7 Å². The maximum Gasteiger partial charge on any atom is 0.299 e. The lowest BCUT2D eigenvalue weighted by Gasteiger charge is -2.34. The van der Waals surface area contributed by atoms with E-state index in [1.807, 2.05) is 12.1 Å². The molecule has 0 saturated carbocycles. The largest absolute Gasteiger partial charge is 0.304 e. The van der Waals surface area contributed by atoms with Crippen LogP contribution in [0.4, 0.5) is 5.69 Å². The van der Waals surface area contributed by atoms with Gasteiger partial charge in [-0.25, -0.2) is 0 Å². The number of fused-ring (bicyclic) bond motifs is 1. The van der Waals surface area contributed by atoms with Crippen LogP contribution in [0, 0.1) is 5.41 Å². The van der Waals surface area contributed by atoms with Gasteiger partial charge in [-0.3, -0.25) is 9.59 Å². The fourth-order valence-corrected chi connectivity index (χ4v) is 3.80. The summed E-state index contributed by atoms with van der Waals surface area (Å²) in [7, 11) is 0. The summed E-state index contributed by atoms with van der Waals surface area (Å²) in [6.07, 6.45) is 1.91. The molecule has 0 aromatic heterocycles. The first-order valence-corrected chi connectivity index (χ1v) is 8.61.